The third-order valence-corrected chi connectivity index (χ3v) is 25.9. The highest BCUT2D eigenvalue weighted by molar-refractivity contribution is 6.00. The minimum Gasteiger partial charge on any atom is -0.507 e. The molecule has 145 heavy (non-hydrogen) atoms. The molecule has 2 saturated carbocycles. The van der Waals surface area contributed by atoms with Gasteiger partial charge in [0.25, 0.3) is 35.2 Å². The van der Waals surface area contributed by atoms with Crippen LogP contribution in [0, 0.1) is 46.5 Å². The van der Waals surface area contributed by atoms with E-state index in [1.54, 1.807) is 119 Å². The maximum Gasteiger partial charge on any atom is 0.364 e. The zero-order valence-corrected chi connectivity index (χ0v) is 82.3. The first-order chi connectivity index (χ1) is 69.7. The lowest BCUT2D eigenvalue weighted by Gasteiger charge is -2.46. The minimum absolute atomic E-state index is 0.00884. The van der Waals surface area contributed by atoms with E-state index in [1.807, 2.05) is 6.92 Å². The number of carboxylic acids is 2. The number of amides is 8. The van der Waals surface area contributed by atoms with Crippen molar-refractivity contribution in [2.24, 2.45) is 11.8 Å². The van der Waals surface area contributed by atoms with Gasteiger partial charge in [-0.05, 0) is 193 Å². The van der Waals surface area contributed by atoms with E-state index in [1.165, 1.54) is 33.6 Å². The highest BCUT2D eigenvalue weighted by atomic mass is 16.7. The van der Waals surface area contributed by atoms with Crippen LogP contribution in [-0.2, 0) is 102 Å². The van der Waals surface area contributed by atoms with E-state index >= 15 is 0 Å². The average molecular weight is 2030 g/mol. The molecule has 44 heteroatoms. The fraction of sp³-hybridized carbons (Fsp3) is 0.564. The summed E-state index contributed by atoms with van der Waals surface area (Å²) in [6.07, 6.45) is -5.74. The second kappa shape index (κ2) is 56.7. The molecule has 2 saturated heterocycles. The van der Waals surface area contributed by atoms with E-state index in [2.05, 4.69) is 63.2 Å². The summed E-state index contributed by atoms with van der Waals surface area (Å²) < 4.78 is 60.2. The van der Waals surface area contributed by atoms with Crippen molar-refractivity contribution >= 4 is 59.2 Å². The summed E-state index contributed by atoms with van der Waals surface area (Å²) in [4.78, 5) is 132. The Hall–Kier alpha value is -12.0. The van der Waals surface area contributed by atoms with E-state index in [9.17, 15) is 99.0 Å². The van der Waals surface area contributed by atoms with Gasteiger partial charge in [-0.15, -0.1) is 10.2 Å². The topological polar surface area (TPSA) is 623 Å². The Morgan fingerprint density at radius 3 is 1.06 bits per heavy atom. The number of aryl methyl sites for hydroxylation is 5. The fourth-order valence-electron chi connectivity index (χ4n) is 17.8. The first-order valence-electron chi connectivity index (χ1n) is 49.2. The molecule has 0 bridgehead atoms. The number of phenolic OH excluding ortho intramolecular Hbond substituents is 2. The van der Waals surface area contributed by atoms with E-state index < -0.39 is 147 Å². The lowest BCUT2D eigenvalue weighted by molar-refractivity contribution is -0.314. The van der Waals surface area contributed by atoms with Crippen molar-refractivity contribution in [1.82, 2.24) is 72.5 Å². The largest absolute Gasteiger partial charge is 0.507 e. The first-order valence-corrected chi connectivity index (χ1v) is 49.2. The molecule has 2 unspecified atom stereocenters. The second-order valence-corrected chi connectivity index (χ2v) is 37.1. The van der Waals surface area contributed by atoms with Crippen LogP contribution in [0.4, 0.5) is 0 Å². The maximum absolute atomic E-state index is 13.7. The number of carbonyl (C=O) groups is 10. The van der Waals surface area contributed by atoms with Gasteiger partial charge in [-0.25, -0.2) is 19.0 Å². The zero-order chi connectivity index (χ0) is 104. The number of nitrogens with zero attached hydrogens (tertiary/aromatic N) is 6. The Kier molecular flexibility index (Phi) is 44.3. The number of aromatic hydroxyl groups is 2. The SMILES string of the molecule is Cc1cc(C(=O)NCCCOCCOCCOCCCNC(=O)C2CCC(c3cn(CC(=O)NC4[C@H]([C@H](O)[C@H](O)CNC(=O)c5cc(C)c(O)c(C)c5)O[C@@](OCc5ccccc5)(C(=O)O)C[C@@H]4O)nn3)CC2)cc(C(=O)NCCCOCCOCCOCCCNC(=O)C2CCC(c3cn(CC(=O)N[C@H]4[C@H]([C@H](O)C(O)CNC(=O)c5cc(C)c(O)c(C)c5)O[C@@](OCc5ccccc5)(C(=O)O)C[C@@H]4O)nn3)CC2)c1. The van der Waals surface area contributed by atoms with E-state index in [-0.39, 0.29) is 83.1 Å². The number of ether oxygens (including phenoxy) is 10. The molecule has 12 atom stereocenters. The molecule has 4 fully saturated rings. The number of phenols is 2. The van der Waals surface area contributed by atoms with Gasteiger partial charge in [-0.3, -0.25) is 38.4 Å². The van der Waals surface area contributed by atoms with Crippen LogP contribution in [0.5, 0.6) is 11.5 Å². The Balaban J connectivity index is 0.469. The van der Waals surface area contributed by atoms with Crippen molar-refractivity contribution in [3.05, 3.63) is 188 Å². The van der Waals surface area contributed by atoms with Gasteiger partial charge < -0.3 is 141 Å². The highest BCUT2D eigenvalue weighted by Gasteiger charge is 2.58. The number of nitrogens with one attached hydrogen (secondary N) is 8. The highest BCUT2D eigenvalue weighted by Crippen LogP contribution is 2.40. The predicted octanol–water partition coefficient (Wildman–Crippen LogP) is 2.69. The van der Waals surface area contributed by atoms with E-state index in [4.69, 9.17) is 47.4 Å². The van der Waals surface area contributed by atoms with E-state index in [0.29, 0.717) is 238 Å². The monoisotopic (exact) mass is 2030 g/mol. The lowest BCUT2D eigenvalue weighted by atomic mass is 9.80. The molecule has 7 aromatic rings. The van der Waals surface area contributed by atoms with Crippen molar-refractivity contribution in [1.29, 1.82) is 0 Å². The number of hydrogen-bond donors (Lipinski definition) is 18. The molecule has 2 aromatic heterocycles. The molecular weight excluding hydrogens is 1890 g/mol. The van der Waals surface area contributed by atoms with Crippen LogP contribution in [-0.4, -0.2) is 331 Å². The van der Waals surface area contributed by atoms with Gasteiger partial charge in [0, 0.05) is 137 Å². The molecule has 8 amide bonds. The summed E-state index contributed by atoms with van der Waals surface area (Å²) in [6, 6.07) is 24.8. The number of rotatable bonds is 58. The lowest BCUT2D eigenvalue weighted by Crippen LogP contribution is -2.68. The van der Waals surface area contributed by atoms with Crippen LogP contribution in [0.2, 0.25) is 0 Å². The fourth-order valence-corrected chi connectivity index (χ4v) is 17.8. The van der Waals surface area contributed by atoms with Crippen molar-refractivity contribution in [3.63, 3.8) is 0 Å². The number of carbonyl (C=O) groups excluding carboxylic acids is 8. The Labute approximate surface area is 839 Å². The summed E-state index contributed by atoms with van der Waals surface area (Å²) in [7, 11) is 0. The second-order valence-electron chi connectivity index (χ2n) is 37.1. The summed E-state index contributed by atoms with van der Waals surface area (Å²) in [5.74, 6) is -12.4. The molecule has 2 aliphatic heterocycles. The Bertz CT molecular complexity index is 5010. The minimum atomic E-state index is -2.55. The van der Waals surface area contributed by atoms with Crippen molar-refractivity contribution in [3.8, 4) is 11.5 Å². The predicted molar refractivity (Wildman–Crippen MR) is 517 cm³/mol. The smallest absolute Gasteiger partial charge is 0.364 e. The Morgan fingerprint density at radius 1 is 0.414 bits per heavy atom. The molecule has 4 aliphatic rings. The summed E-state index contributed by atoms with van der Waals surface area (Å²) in [5, 5.41) is 149. The number of benzene rings is 5. The van der Waals surface area contributed by atoms with Gasteiger partial charge in [0.15, 0.2) is 0 Å². The third-order valence-electron chi connectivity index (χ3n) is 25.9. The molecule has 2 aliphatic carbocycles. The van der Waals surface area contributed by atoms with Gasteiger partial charge in [0.2, 0.25) is 23.6 Å². The molecule has 0 spiro atoms. The van der Waals surface area contributed by atoms with Crippen LogP contribution in [0.25, 0.3) is 0 Å². The number of hydrogen-bond acceptors (Lipinski definition) is 32. The molecule has 792 valence electrons. The van der Waals surface area contributed by atoms with Crippen molar-refractivity contribution in [2.75, 3.05) is 119 Å². The number of aromatic nitrogens is 6. The number of aliphatic hydroxyl groups is 6. The average Bonchev–Trinajstić information content (AvgIpc) is 0.974. The molecule has 44 nitrogen and oxygen atoms in total. The van der Waals surface area contributed by atoms with Crippen molar-refractivity contribution < 1.29 is 146 Å². The van der Waals surface area contributed by atoms with Gasteiger partial charge in [0.05, 0.1) is 114 Å². The summed E-state index contributed by atoms with van der Waals surface area (Å²) in [6.45, 7) is 11.6. The molecule has 11 rings (SSSR count). The maximum atomic E-state index is 13.7. The van der Waals surface area contributed by atoms with Crippen LogP contribution < -0.4 is 42.5 Å². The third kappa shape index (κ3) is 34.1. The van der Waals surface area contributed by atoms with Gasteiger partial charge >= 0.3 is 11.9 Å². The van der Waals surface area contributed by atoms with Crippen LogP contribution in [0.1, 0.15) is 193 Å². The first kappa shape index (κ1) is 113. The van der Waals surface area contributed by atoms with Crippen molar-refractivity contribution in [2.45, 2.75) is 235 Å². The van der Waals surface area contributed by atoms with Gasteiger partial charge in [-0.1, -0.05) is 71.1 Å². The molecule has 4 heterocycles. The Morgan fingerprint density at radius 2 is 0.724 bits per heavy atom. The normalized spacial score (nSPS) is 21.9. The quantitative estimate of drug-likeness (QED) is 0.0244. The van der Waals surface area contributed by atoms with Gasteiger partial charge in [-0.2, -0.15) is 0 Å². The molecule has 0 radical (unpaired) electrons. The standard InChI is InChI=1S/C101H138N14O30/c1-61-44-72(94(128)104-30-14-34-138-38-42-140-40-36-136-32-12-28-102-92(126)70-24-20-68(21-25-70)76-55-114(112-110-76)57-82(120)108-84-78(116)51-100(98(132)133,142-59-66-16-8-6-9-17-66)144-90(84)88(124)80(118)53-106-96(130)74-46-62(2)86(122)63(3)47-74)50-73(45-61)95(129)105-31-15-35-139-39-43-141-41-37-137-33-13-29-103-93(127)71-26-22-69(23-27-71)77-56-115(113-111-77)58-83(121)109-85-79(117)52-101(99(134)135,143-60-67-18-10-7-11-19-67)145-91(85)89(125)81(119)54-107-97(131)75-48-64(4)87(123)65(5)49-75/h6-11,16-19,44-50,55-56,68-71,78-81,84-85,88-91,116-119,122-125H,12-15,20-43,51-54,57-60H2,1-5H3,(H,102,126)(H,103,127)(H,104,128)(H,105,129)(H,106,130)(H,107,131)(H,108,120)(H,109,121)(H,132,133)(H,134,135)/t68?,69?,70?,71?,78-,79-,80+,81?,84?,85+,88+,89+,90+,91+,100+,101+/m0/s1. The molecule has 5 aromatic carbocycles. The number of carboxylic acid groups (broad SMARTS) is 2. The van der Waals surface area contributed by atoms with Crippen LogP contribution in [0.15, 0.2) is 116 Å². The van der Waals surface area contributed by atoms with Crippen LogP contribution in [0.3, 0.4) is 0 Å². The summed E-state index contributed by atoms with van der Waals surface area (Å²) in [5.41, 5.74) is 5.84. The molecule has 18 N–H and O–H groups in total. The van der Waals surface area contributed by atoms with E-state index in [0.717, 1.165) is 5.56 Å². The van der Waals surface area contributed by atoms with Crippen LogP contribution >= 0.6 is 0 Å². The number of aliphatic carboxylic acids is 2. The van der Waals surface area contributed by atoms with Gasteiger partial charge in [0.1, 0.15) is 49.0 Å². The zero-order valence-electron chi connectivity index (χ0n) is 82.3. The summed E-state index contributed by atoms with van der Waals surface area (Å²) >= 11 is 0. The number of aliphatic hydroxyl groups excluding tert-OH is 6. The molecular formula is C101H138N14O30.